The van der Waals surface area contributed by atoms with E-state index in [1.54, 1.807) is 6.20 Å². The molecule has 2 aromatic rings. The van der Waals surface area contributed by atoms with Gasteiger partial charge in [0.05, 0.1) is 18.4 Å². The van der Waals surface area contributed by atoms with Crippen LogP contribution in [-0.2, 0) is 24.4 Å². The van der Waals surface area contributed by atoms with Crippen molar-refractivity contribution < 1.29 is 9.53 Å². The van der Waals surface area contributed by atoms with Gasteiger partial charge in [-0.2, -0.15) is 0 Å². The van der Waals surface area contributed by atoms with Crippen molar-refractivity contribution in [3.63, 3.8) is 0 Å². The molecular weight excluding hydrogens is 352 g/mol. The highest BCUT2D eigenvalue weighted by Crippen LogP contribution is 2.16. The number of nitrogens with one attached hydrogen (secondary N) is 1. The van der Waals surface area contributed by atoms with Crippen molar-refractivity contribution in [2.45, 2.75) is 38.6 Å². The Kier molecular flexibility index (Phi) is 7.39. The van der Waals surface area contributed by atoms with Crippen molar-refractivity contribution >= 4 is 6.03 Å². The third kappa shape index (κ3) is 6.04. The Balaban J connectivity index is 1.49. The molecule has 2 amide bonds. The molecule has 1 aliphatic rings. The van der Waals surface area contributed by atoms with E-state index in [-0.39, 0.29) is 12.1 Å². The molecule has 0 unspecified atom stereocenters. The van der Waals surface area contributed by atoms with Gasteiger partial charge < -0.3 is 19.9 Å². The third-order valence-corrected chi connectivity index (χ3v) is 4.89. The number of pyridine rings is 1. The second-order valence-corrected chi connectivity index (χ2v) is 7.51. The minimum Gasteiger partial charge on any atom is -0.370 e. The predicted molar refractivity (Wildman–Crippen MR) is 110 cm³/mol. The number of carbonyl (C=O) groups is 1. The van der Waals surface area contributed by atoms with E-state index < -0.39 is 0 Å². The number of rotatable bonds is 7. The summed E-state index contributed by atoms with van der Waals surface area (Å²) in [4.78, 5) is 20.9. The Morgan fingerprint density at radius 1 is 1.21 bits per heavy atom. The lowest BCUT2D eigenvalue weighted by Gasteiger charge is -2.32. The smallest absolute Gasteiger partial charge is 0.317 e. The van der Waals surface area contributed by atoms with Crippen molar-refractivity contribution in [2.75, 3.05) is 27.2 Å². The Hall–Kier alpha value is -2.44. The van der Waals surface area contributed by atoms with Gasteiger partial charge in [0.25, 0.3) is 0 Å². The standard InChI is InChI=1S/C22H30N4O2/c1-25(2)15-19-9-4-3-8-18(19)14-24-22(27)26-13-7-11-21(16-26)28-17-20-10-5-6-12-23-20/h3-6,8-10,12,21H,7,11,13-17H2,1-2H3,(H,24,27)/t21-/m1/s1. The van der Waals surface area contributed by atoms with Crippen LogP contribution in [0.1, 0.15) is 29.7 Å². The van der Waals surface area contributed by atoms with Crippen LogP contribution < -0.4 is 5.32 Å². The molecule has 1 atom stereocenters. The topological polar surface area (TPSA) is 57.7 Å². The molecule has 1 aromatic carbocycles. The number of hydrogen-bond acceptors (Lipinski definition) is 4. The van der Waals surface area contributed by atoms with Gasteiger partial charge in [-0.25, -0.2) is 4.79 Å². The molecule has 2 heterocycles. The quantitative estimate of drug-likeness (QED) is 0.800. The molecule has 6 nitrogen and oxygen atoms in total. The summed E-state index contributed by atoms with van der Waals surface area (Å²) in [6, 6.07) is 14.0. The molecule has 0 aliphatic carbocycles. The van der Waals surface area contributed by atoms with Crippen molar-refractivity contribution in [3.05, 3.63) is 65.5 Å². The van der Waals surface area contributed by atoms with Crippen molar-refractivity contribution in [3.8, 4) is 0 Å². The molecule has 1 fully saturated rings. The number of carbonyl (C=O) groups excluding carboxylic acids is 1. The van der Waals surface area contributed by atoms with Gasteiger partial charge in [-0.15, -0.1) is 0 Å². The Morgan fingerprint density at radius 2 is 2.00 bits per heavy atom. The largest absolute Gasteiger partial charge is 0.370 e. The molecule has 3 rings (SSSR count). The van der Waals surface area contributed by atoms with Gasteiger partial charge in [-0.05, 0) is 50.2 Å². The fraction of sp³-hybridized carbons (Fsp3) is 0.455. The van der Waals surface area contributed by atoms with Crippen LogP contribution in [0.15, 0.2) is 48.7 Å². The first-order chi connectivity index (χ1) is 13.6. The highest BCUT2D eigenvalue weighted by molar-refractivity contribution is 5.74. The zero-order valence-electron chi connectivity index (χ0n) is 16.8. The average Bonchev–Trinajstić information content (AvgIpc) is 2.72. The summed E-state index contributed by atoms with van der Waals surface area (Å²) in [5.41, 5.74) is 3.31. The SMILES string of the molecule is CN(C)Cc1ccccc1CNC(=O)N1CCC[C@@H](OCc2ccccn2)C1. The molecule has 6 heteroatoms. The van der Waals surface area contributed by atoms with Crippen molar-refractivity contribution in [1.82, 2.24) is 20.1 Å². The highest BCUT2D eigenvalue weighted by atomic mass is 16.5. The van der Waals surface area contributed by atoms with E-state index >= 15 is 0 Å². The van der Waals surface area contributed by atoms with Crippen LogP contribution in [0.5, 0.6) is 0 Å². The number of urea groups is 1. The number of benzene rings is 1. The molecule has 0 radical (unpaired) electrons. The van der Waals surface area contributed by atoms with E-state index in [9.17, 15) is 4.79 Å². The van der Waals surface area contributed by atoms with Gasteiger partial charge >= 0.3 is 6.03 Å². The van der Waals surface area contributed by atoms with Crippen LogP contribution in [0, 0.1) is 0 Å². The van der Waals surface area contributed by atoms with Gasteiger partial charge in [-0.3, -0.25) is 4.98 Å². The predicted octanol–water partition coefficient (Wildman–Crippen LogP) is 3.03. The molecule has 28 heavy (non-hydrogen) atoms. The maximum Gasteiger partial charge on any atom is 0.317 e. The van der Waals surface area contributed by atoms with E-state index in [1.807, 2.05) is 49.3 Å². The van der Waals surface area contributed by atoms with E-state index in [2.05, 4.69) is 27.3 Å². The summed E-state index contributed by atoms with van der Waals surface area (Å²) >= 11 is 0. The van der Waals surface area contributed by atoms with Gasteiger partial charge in [0, 0.05) is 32.4 Å². The third-order valence-electron chi connectivity index (χ3n) is 4.89. The van der Waals surface area contributed by atoms with Gasteiger partial charge in [0.1, 0.15) is 0 Å². The van der Waals surface area contributed by atoms with E-state index in [4.69, 9.17) is 4.74 Å². The number of piperidine rings is 1. The lowest BCUT2D eigenvalue weighted by Crippen LogP contribution is -2.47. The molecule has 1 aliphatic heterocycles. The first kappa shape index (κ1) is 20.3. The summed E-state index contributed by atoms with van der Waals surface area (Å²) in [6.45, 7) is 3.28. The van der Waals surface area contributed by atoms with Crippen molar-refractivity contribution in [2.24, 2.45) is 0 Å². The van der Waals surface area contributed by atoms with E-state index in [0.717, 1.165) is 37.2 Å². The normalized spacial score (nSPS) is 17.0. The fourth-order valence-corrected chi connectivity index (χ4v) is 3.45. The number of aromatic nitrogens is 1. The minimum absolute atomic E-state index is 0.0224. The molecule has 0 bridgehead atoms. The highest BCUT2D eigenvalue weighted by Gasteiger charge is 2.24. The maximum atomic E-state index is 12.7. The van der Waals surface area contributed by atoms with E-state index in [0.29, 0.717) is 19.7 Å². The van der Waals surface area contributed by atoms with Crippen LogP contribution in [-0.4, -0.2) is 54.1 Å². The summed E-state index contributed by atoms with van der Waals surface area (Å²) in [5.74, 6) is 0. The van der Waals surface area contributed by atoms with Gasteiger partial charge in [-0.1, -0.05) is 30.3 Å². The Morgan fingerprint density at radius 3 is 2.75 bits per heavy atom. The van der Waals surface area contributed by atoms with E-state index in [1.165, 1.54) is 5.56 Å². The summed E-state index contributed by atoms with van der Waals surface area (Å²) < 4.78 is 5.99. The number of nitrogens with zero attached hydrogens (tertiary/aromatic N) is 3. The number of ether oxygens (including phenoxy) is 1. The summed E-state index contributed by atoms with van der Waals surface area (Å²) in [6.07, 6.45) is 3.76. The summed E-state index contributed by atoms with van der Waals surface area (Å²) in [5, 5.41) is 3.08. The molecule has 0 spiro atoms. The molecule has 1 saturated heterocycles. The summed E-state index contributed by atoms with van der Waals surface area (Å²) in [7, 11) is 4.10. The lowest BCUT2D eigenvalue weighted by molar-refractivity contribution is -0.00168. The molecule has 1 N–H and O–H groups in total. The number of amides is 2. The first-order valence-electron chi connectivity index (χ1n) is 9.87. The second kappa shape index (κ2) is 10.2. The lowest BCUT2D eigenvalue weighted by atomic mass is 10.1. The molecule has 150 valence electrons. The van der Waals surface area contributed by atoms with Crippen LogP contribution in [0.25, 0.3) is 0 Å². The Labute approximate surface area is 167 Å². The minimum atomic E-state index is -0.0224. The Bertz CT molecular complexity index is 751. The van der Waals surface area contributed by atoms with Crippen molar-refractivity contribution in [1.29, 1.82) is 0 Å². The van der Waals surface area contributed by atoms with Gasteiger partial charge in [0.2, 0.25) is 0 Å². The second-order valence-electron chi connectivity index (χ2n) is 7.51. The van der Waals surface area contributed by atoms with Crippen LogP contribution >= 0.6 is 0 Å². The number of hydrogen-bond donors (Lipinski definition) is 1. The maximum absolute atomic E-state index is 12.7. The molecular formula is C22H30N4O2. The zero-order chi connectivity index (χ0) is 19.8. The zero-order valence-corrected chi connectivity index (χ0v) is 16.8. The van der Waals surface area contributed by atoms with Crippen LogP contribution in [0.2, 0.25) is 0 Å². The van der Waals surface area contributed by atoms with Crippen LogP contribution in [0.3, 0.4) is 0 Å². The van der Waals surface area contributed by atoms with Crippen LogP contribution in [0.4, 0.5) is 4.79 Å². The number of likely N-dealkylation sites (tertiary alicyclic amines) is 1. The van der Waals surface area contributed by atoms with Gasteiger partial charge in [0.15, 0.2) is 0 Å². The average molecular weight is 383 g/mol. The molecule has 1 aromatic heterocycles. The monoisotopic (exact) mass is 382 g/mol. The fourth-order valence-electron chi connectivity index (χ4n) is 3.45. The molecule has 0 saturated carbocycles. The first-order valence-corrected chi connectivity index (χ1v) is 9.87.